The first-order valence-corrected chi connectivity index (χ1v) is 9.32. The fraction of sp³-hybridized carbons (Fsp3) is 0.182. The van der Waals surface area contributed by atoms with Gasteiger partial charge in [-0.3, -0.25) is 14.9 Å². The summed E-state index contributed by atoms with van der Waals surface area (Å²) in [5.74, 6) is 1.32. The van der Waals surface area contributed by atoms with Gasteiger partial charge < -0.3 is 13.9 Å². The second-order valence-corrected chi connectivity index (χ2v) is 6.67. The molecule has 3 aromatic rings. The van der Waals surface area contributed by atoms with E-state index in [2.05, 4.69) is 10.5 Å². The van der Waals surface area contributed by atoms with E-state index in [9.17, 15) is 14.9 Å². The maximum atomic E-state index is 11.9. The summed E-state index contributed by atoms with van der Waals surface area (Å²) in [6, 6.07) is 13.1. The average molecular weight is 423 g/mol. The molecule has 1 N–H and O–H groups in total. The summed E-state index contributed by atoms with van der Waals surface area (Å²) in [4.78, 5) is 22.3. The third kappa shape index (κ3) is 5.47. The van der Waals surface area contributed by atoms with Crippen molar-refractivity contribution in [2.75, 3.05) is 13.7 Å². The van der Waals surface area contributed by atoms with Crippen LogP contribution < -0.4 is 14.9 Å². The molecule has 0 saturated carbocycles. The van der Waals surface area contributed by atoms with Crippen molar-refractivity contribution in [2.45, 2.75) is 13.8 Å². The molecular weight excluding hydrogens is 402 g/mol. The smallest absolute Gasteiger partial charge is 0.277 e. The molecule has 0 unspecified atom stereocenters. The van der Waals surface area contributed by atoms with Crippen LogP contribution in [-0.4, -0.2) is 30.8 Å². The Bertz CT molecular complexity index is 1140. The van der Waals surface area contributed by atoms with Crippen LogP contribution >= 0.6 is 0 Å². The monoisotopic (exact) mass is 423 g/mol. The molecule has 160 valence electrons. The number of ether oxygens (including phenoxy) is 2. The van der Waals surface area contributed by atoms with Crippen molar-refractivity contribution in [1.82, 2.24) is 5.43 Å². The lowest BCUT2D eigenvalue weighted by Gasteiger charge is -2.07. The highest BCUT2D eigenvalue weighted by Gasteiger charge is 2.15. The summed E-state index contributed by atoms with van der Waals surface area (Å²) in [6.45, 7) is 3.79. The minimum Gasteiger partial charge on any atom is -0.496 e. The molecule has 0 aliphatic carbocycles. The van der Waals surface area contributed by atoms with E-state index in [1.165, 1.54) is 25.5 Å². The first-order valence-electron chi connectivity index (χ1n) is 9.32. The summed E-state index contributed by atoms with van der Waals surface area (Å²) in [5.41, 5.74) is 5.06. The molecule has 0 spiro atoms. The Morgan fingerprint density at radius 2 is 1.97 bits per heavy atom. The number of hydrogen-bond acceptors (Lipinski definition) is 7. The van der Waals surface area contributed by atoms with E-state index in [4.69, 9.17) is 13.9 Å². The first kappa shape index (κ1) is 21.6. The number of nitrogens with one attached hydrogen (secondary N) is 1. The van der Waals surface area contributed by atoms with Gasteiger partial charge in [-0.1, -0.05) is 6.07 Å². The van der Waals surface area contributed by atoms with Crippen molar-refractivity contribution in [3.05, 3.63) is 75.5 Å². The average Bonchev–Trinajstić information content (AvgIpc) is 3.22. The second kappa shape index (κ2) is 9.57. The standard InChI is InChI=1S/C22H21N3O6/c1-14-4-6-17(10-15(14)2)30-13-22(26)24-23-12-18-7-9-20(31-18)19-8-5-16(25(27)28)11-21(19)29-3/h4-12H,13H2,1-3H3,(H,24,26)/b23-12+. The molecule has 9 heteroatoms. The third-order valence-electron chi connectivity index (χ3n) is 4.52. The number of non-ortho nitro benzene ring substituents is 1. The van der Waals surface area contributed by atoms with Gasteiger partial charge in [0, 0.05) is 6.07 Å². The van der Waals surface area contributed by atoms with Gasteiger partial charge in [0.15, 0.2) is 6.61 Å². The van der Waals surface area contributed by atoms with Crippen LogP contribution in [0, 0.1) is 24.0 Å². The summed E-state index contributed by atoms with van der Waals surface area (Å²) < 4.78 is 16.3. The van der Waals surface area contributed by atoms with Crippen molar-refractivity contribution >= 4 is 17.8 Å². The van der Waals surface area contributed by atoms with Crippen LogP contribution in [-0.2, 0) is 4.79 Å². The number of carbonyl (C=O) groups is 1. The van der Waals surface area contributed by atoms with Crippen LogP contribution in [0.1, 0.15) is 16.9 Å². The number of nitrogens with zero attached hydrogens (tertiary/aromatic N) is 2. The number of rotatable bonds is 8. The lowest BCUT2D eigenvalue weighted by Crippen LogP contribution is -2.24. The Balaban J connectivity index is 1.58. The maximum absolute atomic E-state index is 11.9. The van der Waals surface area contributed by atoms with E-state index in [1.54, 1.807) is 24.3 Å². The van der Waals surface area contributed by atoms with Crippen molar-refractivity contribution in [2.24, 2.45) is 5.10 Å². The normalized spacial score (nSPS) is 10.8. The van der Waals surface area contributed by atoms with Gasteiger partial charge in [0.1, 0.15) is 23.0 Å². The Hall–Kier alpha value is -4.14. The van der Waals surface area contributed by atoms with Crippen molar-refractivity contribution < 1.29 is 23.6 Å². The van der Waals surface area contributed by atoms with Crippen LogP contribution in [0.15, 0.2) is 58.0 Å². The third-order valence-corrected chi connectivity index (χ3v) is 4.52. The van der Waals surface area contributed by atoms with Gasteiger partial charge in [0.2, 0.25) is 0 Å². The number of amides is 1. The van der Waals surface area contributed by atoms with Gasteiger partial charge >= 0.3 is 0 Å². The van der Waals surface area contributed by atoms with E-state index >= 15 is 0 Å². The quantitative estimate of drug-likeness (QED) is 0.332. The number of nitro groups is 1. The van der Waals surface area contributed by atoms with Crippen LogP contribution in [0.5, 0.6) is 11.5 Å². The van der Waals surface area contributed by atoms with Crippen molar-refractivity contribution in [3.63, 3.8) is 0 Å². The minimum absolute atomic E-state index is 0.0836. The highest BCUT2D eigenvalue weighted by atomic mass is 16.6. The molecule has 3 rings (SSSR count). The number of methoxy groups -OCH3 is 1. The van der Waals surface area contributed by atoms with Gasteiger partial charge in [-0.05, 0) is 55.3 Å². The zero-order valence-electron chi connectivity index (χ0n) is 17.2. The number of nitro benzene ring substituents is 1. The zero-order chi connectivity index (χ0) is 22.4. The Morgan fingerprint density at radius 1 is 1.16 bits per heavy atom. The second-order valence-electron chi connectivity index (χ2n) is 6.67. The summed E-state index contributed by atoms with van der Waals surface area (Å²) in [7, 11) is 1.42. The molecule has 0 fully saturated rings. The highest BCUT2D eigenvalue weighted by molar-refractivity contribution is 5.82. The molecule has 2 aromatic carbocycles. The Morgan fingerprint density at radius 3 is 2.68 bits per heavy atom. The van der Waals surface area contributed by atoms with Crippen LogP contribution in [0.25, 0.3) is 11.3 Å². The van der Waals surface area contributed by atoms with Crippen LogP contribution in [0.4, 0.5) is 5.69 Å². The van der Waals surface area contributed by atoms with Gasteiger partial charge in [0.25, 0.3) is 11.6 Å². The Labute approximate surface area is 178 Å². The number of hydrazone groups is 1. The van der Waals surface area contributed by atoms with Crippen LogP contribution in [0.3, 0.4) is 0 Å². The lowest BCUT2D eigenvalue weighted by atomic mass is 10.1. The fourth-order valence-corrected chi connectivity index (χ4v) is 2.72. The van der Waals surface area contributed by atoms with Crippen LogP contribution in [0.2, 0.25) is 0 Å². The summed E-state index contributed by atoms with van der Waals surface area (Å²) in [5, 5.41) is 14.8. The number of hydrogen-bond donors (Lipinski definition) is 1. The molecule has 1 amide bonds. The van der Waals surface area contributed by atoms with Gasteiger partial charge in [-0.2, -0.15) is 5.10 Å². The highest BCUT2D eigenvalue weighted by Crippen LogP contribution is 2.34. The molecule has 0 saturated heterocycles. The molecule has 0 aliphatic rings. The minimum atomic E-state index is -0.501. The molecule has 1 aromatic heterocycles. The molecule has 31 heavy (non-hydrogen) atoms. The largest absolute Gasteiger partial charge is 0.496 e. The van der Waals surface area contributed by atoms with E-state index in [0.717, 1.165) is 11.1 Å². The van der Waals surface area contributed by atoms with E-state index in [-0.39, 0.29) is 12.3 Å². The number of benzene rings is 2. The summed E-state index contributed by atoms with van der Waals surface area (Å²) in [6.07, 6.45) is 1.34. The molecule has 0 aliphatic heterocycles. The fourth-order valence-electron chi connectivity index (χ4n) is 2.72. The molecule has 0 radical (unpaired) electrons. The topological polar surface area (TPSA) is 116 Å². The Kier molecular flexibility index (Phi) is 6.66. The SMILES string of the molecule is COc1cc([N+](=O)[O-])ccc1-c1ccc(/C=N/NC(=O)COc2ccc(C)c(C)c2)o1. The first-order chi connectivity index (χ1) is 14.9. The zero-order valence-corrected chi connectivity index (χ0v) is 17.2. The number of aryl methyl sites for hydroxylation is 2. The van der Waals surface area contributed by atoms with Crippen molar-refractivity contribution in [1.29, 1.82) is 0 Å². The van der Waals surface area contributed by atoms with Crippen molar-refractivity contribution in [3.8, 4) is 22.8 Å². The van der Waals surface area contributed by atoms with E-state index < -0.39 is 10.8 Å². The molecule has 1 heterocycles. The van der Waals surface area contributed by atoms with E-state index in [1.807, 2.05) is 26.0 Å². The predicted molar refractivity (Wildman–Crippen MR) is 114 cm³/mol. The predicted octanol–water partition coefficient (Wildman–Crippen LogP) is 4.01. The molecule has 0 bridgehead atoms. The lowest BCUT2D eigenvalue weighted by molar-refractivity contribution is -0.384. The molecule has 0 atom stereocenters. The van der Waals surface area contributed by atoms with E-state index in [0.29, 0.717) is 28.6 Å². The number of furan rings is 1. The molecule has 9 nitrogen and oxygen atoms in total. The van der Waals surface area contributed by atoms with Gasteiger partial charge in [-0.25, -0.2) is 5.43 Å². The van der Waals surface area contributed by atoms with Gasteiger partial charge in [-0.15, -0.1) is 0 Å². The molecular formula is C22H21N3O6. The number of carbonyl (C=O) groups excluding carboxylic acids is 1. The maximum Gasteiger partial charge on any atom is 0.277 e. The summed E-state index contributed by atoms with van der Waals surface area (Å²) >= 11 is 0. The van der Waals surface area contributed by atoms with Gasteiger partial charge in [0.05, 0.1) is 29.9 Å².